The number of ether oxygens (including phenoxy) is 1. The maximum atomic E-state index is 11.6. The molecular formula is C20H23N5O2S. The van der Waals surface area contributed by atoms with Crippen LogP contribution in [0.1, 0.15) is 22.9 Å². The van der Waals surface area contributed by atoms with Crippen molar-refractivity contribution in [2.75, 3.05) is 26.1 Å². The van der Waals surface area contributed by atoms with Crippen molar-refractivity contribution in [1.82, 2.24) is 14.9 Å². The molecule has 28 heavy (non-hydrogen) atoms. The lowest BCUT2D eigenvalue weighted by Crippen LogP contribution is -2.27. The van der Waals surface area contributed by atoms with Gasteiger partial charge in [-0.1, -0.05) is 0 Å². The number of hydrogen-bond acceptors (Lipinski definition) is 7. The molecule has 0 aliphatic rings. The van der Waals surface area contributed by atoms with E-state index in [4.69, 9.17) is 4.74 Å². The summed E-state index contributed by atoms with van der Waals surface area (Å²) in [5.41, 5.74) is 6.00. The van der Waals surface area contributed by atoms with E-state index in [2.05, 4.69) is 34.3 Å². The molecule has 146 valence electrons. The summed E-state index contributed by atoms with van der Waals surface area (Å²) in [6.45, 7) is 6.08. The van der Waals surface area contributed by atoms with Gasteiger partial charge in [0.2, 0.25) is 0 Å². The van der Waals surface area contributed by atoms with Crippen molar-refractivity contribution in [3.8, 4) is 5.75 Å². The second kappa shape index (κ2) is 8.35. The molecule has 0 spiro atoms. The van der Waals surface area contributed by atoms with Gasteiger partial charge in [-0.25, -0.2) is 9.97 Å². The van der Waals surface area contributed by atoms with Gasteiger partial charge in [0.05, 0.1) is 11.1 Å². The summed E-state index contributed by atoms with van der Waals surface area (Å²) in [4.78, 5) is 23.9. The van der Waals surface area contributed by atoms with Crippen LogP contribution in [0.3, 0.4) is 0 Å². The minimum atomic E-state index is -0.0823. The van der Waals surface area contributed by atoms with Gasteiger partial charge in [-0.15, -0.1) is 11.3 Å². The molecular weight excluding hydrogens is 374 g/mol. The Balaban J connectivity index is 1.71. The zero-order valence-corrected chi connectivity index (χ0v) is 17.4. The van der Waals surface area contributed by atoms with Gasteiger partial charge in [0, 0.05) is 19.0 Å². The number of aryl methyl sites for hydroxylation is 2. The predicted molar refractivity (Wildman–Crippen MR) is 113 cm³/mol. The highest BCUT2D eigenvalue weighted by Gasteiger charge is 2.11. The molecule has 2 heterocycles. The smallest absolute Gasteiger partial charge is 0.259 e. The molecule has 0 atom stereocenters. The van der Waals surface area contributed by atoms with Crippen molar-refractivity contribution >= 4 is 39.0 Å². The first-order valence-electron chi connectivity index (χ1n) is 8.81. The van der Waals surface area contributed by atoms with Crippen LogP contribution in [-0.2, 0) is 4.79 Å². The number of nitrogens with one attached hydrogen (secondary N) is 1. The number of carbonyl (C=O) groups is 1. The molecule has 7 nitrogen and oxygen atoms in total. The molecule has 0 aliphatic carbocycles. The average molecular weight is 398 g/mol. The quantitative estimate of drug-likeness (QED) is 0.508. The molecule has 0 radical (unpaired) electrons. The van der Waals surface area contributed by atoms with Crippen LogP contribution in [0, 0.1) is 13.8 Å². The highest BCUT2D eigenvalue weighted by molar-refractivity contribution is 7.18. The summed E-state index contributed by atoms with van der Waals surface area (Å²) in [5.74, 6) is 1.26. The first-order chi connectivity index (χ1) is 13.4. The Morgan fingerprint density at radius 3 is 2.61 bits per heavy atom. The lowest BCUT2D eigenvalue weighted by atomic mass is 10.1. The van der Waals surface area contributed by atoms with Crippen molar-refractivity contribution in [1.29, 1.82) is 0 Å². The Labute approximate surface area is 168 Å². The summed E-state index contributed by atoms with van der Waals surface area (Å²) in [7, 11) is 3.40. The van der Waals surface area contributed by atoms with Crippen LogP contribution < -0.4 is 10.2 Å². The third-order valence-electron chi connectivity index (χ3n) is 4.43. The molecule has 0 bridgehead atoms. The fourth-order valence-corrected chi connectivity index (χ4v) is 3.53. The Hall–Kier alpha value is -3.00. The van der Waals surface area contributed by atoms with Gasteiger partial charge in [-0.05, 0) is 56.2 Å². The van der Waals surface area contributed by atoms with E-state index in [0.717, 1.165) is 21.5 Å². The molecule has 1 N–H and O–H groups in total. The topological polar surface area (TPSA) is 79.7 Å². The first kappa shape index (κ1) is 19.8. The lowest BCUT2D eigenvalue weighted by molar-refractivity contribution is -0.130. The van der Waals surface area contributed by atoms with Gasteiger partial charge in [0.1, 0.15) is 16.9 Å². The number of thiophene rings is 1. The molecule has 0 saturated carbocycles. The zero-order chi connectivity index (χ0) is 20.3. The van der Waals surface area contributed by atoms with Gasteiger partial charge < -0.3 is 9.64 Å². The number of benzene rings is 1. The highest BCUT2D eigenvalue weighted by atomic mass is 32.1. The number of likely N-dealkylation sites (N-methyl/N-ethyl adjacent to an activating group) is 1. The van der Waals surface area contributed by atoms with Gasteiger partial charge in [0.15, 0.2) is 12.4 Å². The van der Waals surface area contributed by atoms with Gasteiger partial charge in [-0.2, -0.15) is 5.10 Å². The number of amides is 1. The van der Waals surface area contributed by atoms with E-state index >= 15 is 0 Å². The van der Waals surface area contributed by atoms with Crippen LogP contribution >= 0.6 is 11.3 Å². The standard InChI is InChI=1S/C20H23N5O2S/c1-12-14(3)28-20-18(12)19(21-11-22-20)24-23-13(2)15-6-8-16(9-7-15)27-10-17(26)25(4)5/h6-9,11H,10H2,1-5H3,(H,21,22,24)/b23-13+. The third kappa shape index (κ3) is 4.28. The number of carbonyl (C=O) groups excluding carboxylic acids is 1. The van der Waals surface area contributed by atoms with Crippen LogP contribution in [0.15, 0.2) is 35.7 Å². The molecule has 3 rings (SSSR count). The molecule has 3 aromatic rings. The average Bonchev–Trinajstić information content (AvgIpc) is 2.99. The van der Waals surface area contributed by atoms with E-state index in [9.17, 15) is 4.79 Å². The first-order valence-corrected chi connectivity index (χ1v) is 9.63. The van der Waals surface area contributed by atoms with E-state index in [0.29, 0.717) is 11.6 Å². The van der Waals surface area contributed by atoms with Crippen molar-refractivity contribution < 1.29 is 9.53 Å². The van der Waals surface area contributed by atoms with E-state index in [1.54, 1.807) is 31.8 Å². The molecule has 0 aliphatic heterocycles. The molecule has 1 aromatic carbocycles. The summed E-state index contributed by atoms with van der Waals surface area (Å²) >= 11 is 1.65. The highest BCUT2D eigenvalue weighted by Crippen LogP contribution is 2.32. The van der Waals surface area contributed by atoms with E-state index in [1.165, 1.54) is 15.3 Å². The van der Waals surface area contributed by atoms with Crippen LogP contribution in [0.2, 0.25) is 0 Å². The maximum absolute atomic E-state index is 11.6. The second-order valence-corrected chi connectivity index (χ2v) is 7.80. The minimum Gasteiger partial charge on any atom is -0.484 e. The molecule has 2 aromatic heterocycles. The van der Waals surface area contributed by atoms with Crippen molar-refractivity contribution in [3.63, 3.8) is 0 Å². The van der Waals surface area contributed by atoms with Gasteiger partial charge in [-0.3, -0.25) is 10.2 Å². The normalized spacial score (nSPS) is 11.5. The van der Waals surface area contributed by atoms with Crippen LogP contribution in [-0.4, -0.2) is 47.2 Å². The van der Waals surface area contributed by atoms with Crippen LogP contribution in [0.5, 0.6) is 5.75 Å². The summed E-state index contributed by atoms with van der Waals surface area (Å²) < 4.78 is 5.49. The molecule has 1 amide bonds. The van der Waals surface area contributed by atoms with Gasteiger partial charge in [0.25, 0.3) is 5.91 Å². The fourth-order valence-electron chi connectivity index (χ4n) is 2.54. The maximum Gasteiger partial charge on any atom is 0.259 e. The number of aromatic nitrogens is 2. The molecule has 0 unspecified atom stereocenters. The molecule has 0 fully saturated rings. The summed E-state index contributed by atoms with van der Waals surface area (Å²) in [5, 5.41) is 5.48. The SMILES string of the molecule is C/C(=N\Nc1ncnc2sc(C)c(C)c12)c1ccc(OCC(=O)N(C)C)cc1. The van der Waals surface area contributed by atoms with E-state index in [-0.39, 0.29) is 12.5 Å². The Bertz CT molecular complexity index is 1030. The lowest BCUT2D eigenvalue weighted by Gasteiger charge is -2.11. The number of anilines is 1. The van der Waals surface area contributed by atoms with Gasteiger partial charge >= 0.3 is 0 Å². The van der Waals surface area contributed by atoms with Crippen molar-refractivity contribution in [2.45, 2.75) is 20.8 Å². The third-order valence-corrected chi connectivity index (χ3v) is 5.54. The second-order valence-electron chi connectivity index (χ2n) is 6.60. The number of hydrogen-bond donors (Lipinski definition) is 1. The Morgan fingerprint density at radius 1 is 1.21 bits per heavy atom. The number of nitrogens with zero attached hydrogens (tertiary/aromatic N) is 4. The van der Waals surface area contributed by atoms with Crippen LogP contribution in [0.25, 0.3) is 10.2 Å². The Morgan fingerprint density at radius 2 is 1.93 bits per heavy atom. The summed E-state index contributed by atoms with van der Waals surface area (Å²) in [6.07, 6.45) is 1.55. The summed E-state index contributed by atoms with van der Waals surface area (Å²) in [6, 6.07) is 7.47. The van der Waals surface area contributed by atoms with Crippen LogP contribution in [0.4, 0.5) is 5.82 Å². The number of hydrazone groups is 1. The monoisotopic (exact) mass is 397 g/mol. The Kier molecular flexibility index (Phi) is 5.89. The number of rotatable bonds is 6. The van der Waals surface area contributed by atoms with E-state index < -0.39 is 0 Å². The van der Waals surface area contributed by atoms with Crippen molar-refractivity contribution in [2.24, 2.45) is 5.10 Å². The molecule has 0 saturated heterocycles. The van der Waals surface area contributed by atoms with Crippen molar-refractivity contribution in [3.05, 3.63) is 46.6 Å². The predicted octanol–water partition coefficient (Wildman–Crippen LogP) is 3.61. The van der Waals surface area contributed by atoms with E-state index in [1.807, 2.05) is 31.2 Å². The largest absolute Gasteiger partial charge is 0.484 e. The number of fused-ring (bicyclic) bond motifs is 1. The molecule has 8 heteroatoms. The zero-order valence-electron chi connectivity index (χ0n) is 16.6. The minimum absolute atomic E-state index is 0.0179. The fraction of sp³-hybridized carbons (Fsp3) is 0.300.